The van der Waals surface area contributed by atoms with E-state index < -0.39 is 0 Å². The van der Waals surface area contributed by atoms with Crippen LogP contribution in [0.3, 0.4) is 0 Å². The van der Waals surface area contributed by atoms with Crippen LogP contribution in [-0.4, -0.2) is 31.0 Å². The number of para-hydroxylation sites is 1. The fraction of sp³-hybridized carbons (Fsp3) is 0.308. The Morgan fingerprint density at radius 3 is 2.66 bits per heavy atom. The van der Waals surface area contributed by atoms with E-state index >= 15 is 0 Å². The molecule has 4 rings (SSSR count). The van der Waals surface area contributed by atoms with Gasteiger partial charge in [-0.1, -0.05) is 37.3 Å². The molecule has 166 valence electrons. The zero-order chi connectivity index (χ0) is 22.3. The van der Waals surface area contributed by atoms with Crippen LogP contribution < -0.4 is 15.4 Å². The smallest absolute Gasteiger partial charge is 0.258 e. The van der Waals surface area contributed by atoms with Gasteiger partial charge in [-0.25, -0.2) is 0 Å². The van der Waals surface area contributed by atoms with E-state index in [1.807, 2.05) is 61.5 Å². The van der Waals surface area contributed by atoms with Crippen LogP contribution in [-0.2, 0) is 22.4 Å². The van der Waals surface area contributed by atoms with Gasteiger partial charge in [-0.05, 0) is 49.1 Å². The Bertz CT molecular complexity index is 1110. The fourth-order valence-electron chi connectivity index (χ4n) is 3.51. The third-order valence-corrected chi connectivity index (χ3v) is 5.38. The third kappa shape index (κ3) is 5.78. The van der Waals surface area contributed by atoms with Crippen molar-refractivity contribution in [3.8, 4) is 5.75 Å². The molecule has 1 aliphatic carbocycles. The highest BCUT2D eigenvalue weighted by molar-refractivity contribution is 5.96. The van der Waals surface area contributed by atoms with Crippen molar-refractivity contribution in [1.82, 2.24) is 10.6 Å². The van der Waals surface area contributed by atoms with Gasteiger partial charge in [0.1, 0.15) is 17.1 Å². The van der Waals surface area contributed by atoms with Crippen molar-refractivity contribution >= 4 is 28.9 Å². The maximum atomic E-state index is 12.3. The average molecular weight is 433 g/mol. The predicted octanol–water partition coefficient (Wildman–Crippen LogP) is 4.02. The molecule has 32 heavy (non-hydrogen) atoms. The van der Waals surface area contributed by atoms with Gasteiger partial charge >= 0.3 is 0 Å². The van der Waals surface area contributed by atoms with Crippen molar-refractivity contribution in [2.24, 2.45) is 0 Å². The van der Waals surface area contributed by atoms with Crippen LogP contribution in [0, 0.1) is 0 Å². The number of hydrogen-bond donors (Lipinski definition) is 2. The van der Waals surface area contributed by atoms with Crippen LogP contribution in [0.15, 0.2) is 59.0 Å². The van der Waals surface area contributed by atoms with E-state index in [4.69, 9.17) is 9.15 Å². The number of ether oxygens (including phenoxy) is 1. The fourth-order valence-corrected chi connectivity index (χ4v) is 3.51. The summed E-state index contributed by atoms with van der Waals surface area (Å²) >= 11 is 0. The second kappa shape index (κ2) is 10.2. The molecular formula is C26H28N2O4. The van der Waals surface area contributed by atoms with E-state index in [-0.39, 0.29) is 18.4 Å². The minimum atomic E-state index is -0.140. The SMILES string of the molecule is CCc1oc2ccccc2c1/C=C/C(=O)NCCc1ccc(OCC(=O)NC2CC2)cc1. The Morgan fingerprint density at radius 1 is 1.12 bits per heavy atom. The summed E-state index contributed by atoms with van der Waals surface area (Å²) in [6.07, 6.45) is 6.98. The summed E-state index contributed by atoms with van der Waals surface area (Å²) in [4.78, 5) is 23.9. The molecule has 0 radical (unpaired) electrons. The molecule has 2 N–H and O–H groups in total. The van der Waals surface area contributed by atoms with E-state index in [0.717, 1.165) is 47.1 Å². The number of hydrogen-bond acceptors (Lipinski definition) is 4. The number of aryl methyl sites for hydroxylation is 1. The molecule has 2 amide bonds. The lowest BCUT2D eigenvalue weighted by Gasteiger charge is -2.08. The number of rotatable bonds is 10. The summed E-state index contributed by atoms with van der Waals surface area (Å²) in [6.45, 7) is 2.60. The van der Waals surface area contributed by atoms with Crippen LogP contribution in [0.5, 0.6) is 5.75 Å². The average Bonchev–Trinajstić information content (AvgIpc) is 3.55. The maximum absolute atomic E-state index is 12.3. The van der Waals surface area contributed by atoms with E-state index in [1.54, 1.807) is 6.08 Å². The molecule has 0 saturated heterocycles. The van der Waals surface area contributed by atoms with Crippen molar-refractivity contribution < 1.29 is 18.7 Å². The minimum absolute atomic E-state index is 0.0317. The highest BCUT2D eigenvalue weighted by Gasteiger charge is 2.23. The van der Waals surface area contributed by atoms with E-state index in [1.165, 1.54) is 0 Å². The van der Waals surface area contributed by atoms with E-state index in [9.17, 15) is 9.59 Å². The minimum Gasteiger partial charge on any atom is -0.484 e. The van der Waals surface area contributed by atoms with Crippen molar-refractivity contribution in [2.45, 2.75) is 38.6 Å². The van der Waals surface area contributed by atoms with Crippen molar-refractivity contribution in [3.63, 3.8) is 0 Å². The zero-order valence-electron chi connectivity index (χ0n) is 18.2. The van der Waals surface area contributed by atoms with Gasteiger partial charge in [0.25, 0.3) is 5.91 Å². The summed E-state index contributed by atoms with van der Waals surface area (Å²) in [6, 6.07) is 15.8. The number of carbonyl (C=O) groups is 2. The van der Waals surface area contributed by atoms with Gasteiger partial charge in [0.15, 0.2) is 6.61 Å². The largest absolute Gasteiger partial charge is 0.484 e. The van der Waals surface area contributed by atoms with Gasteiger partial charge in [0.05, 0.1) is 0 Å². The summed E-state index contributed by atoms with van der Waals surface area (Å²) < 4.78 is 11.4. The van der Waals surface area contributed by atoms with Crippen molar-refractivity contribution in [2.75, 3.05) is 13.2 Å². The number of fused-ring (bicyclic) bond motifs is 1. The molecular weight excluding hydrogens is 404 g/mol. The Labute approximate surface area is 187 Å². The lowest BCUT2D eigenvalue weighted by molar-refractivity contribution is -0.123. The Balaban J connectivity index is 1.23. The van der Waals surface area contributed by atoms with Gasteiger partial charge in [-0.2, -0.15) is 0 Å². The number of nitrogens with one attached hydrogen (secondary N) is 2. The molecule has 0 bridgehead atoms. The first-order chi connectivity index (χ1) is 15.6. The molecule has 1 saturated carbocycles. The molecule has 2 aromatic carbocycles. The van der Waals surface area contributed by atoms with E-state index in [2.05, 4.69) is 10.6 Å². The molecule has 1 heterocycles. The monoisotopic (exact) mass is 432 g/mol. The summed E-state index contributed by atoms with van der Waals surface area (Å²) in [7, 11) is 0. The zero-order valence-corrected chi connectivity index (χ0v) is 18.2. The third-order valence-electron chi connectivity index (χ3n) is 5.38. The van der Waals surface area contributed by atoms with Crippen LogP contribution in [0.25, 0.3) is 17.0 Å². The Morgan fingerprint density at radius 2 is 1.91 bits per heavy atom. The van der Waals surface area contributed by atoms with Crippen molar-refractivity contribution in [3.05, 3.63) is 71.5 Å². The molecule has 1 fully saturated rings. The summed E-state index contributed by atoms with van der Waals surface area (Å²) in [5.74, 6) is 1.31. The first-order valence-corrected chi connectivity index (χ1v) is 11.1. The Hall–Kier alpha value is -3.54. The quantitative estimate of drug-likeness (QED) is 0.474. The maximum Gasteiger partial charge on any atom is 0.258 e. The molecule has 0 aliphatic heterocycles. The first kappa shape index (κ1) is 21.7. The predicted molar refractivity (Wildman–Crippen MR) is 124 cm³/mol. The molecule has 6 heteroatoms. The second-order valence-electron chi connectivity index (χ2n) is 7.94. The van der Waals surface area contributed by atoms with Crippen LogP contribution in [0.4, 0.5) is 0 Å². The van der Waals surface area contributed by atoms with Crippen LogP contribution >= 0.6 is 0 Å². The molecule has 1 aliphatic rings. The lowest BCUT2D eigenvalue weighted by atomic mass is 10.1. The highest BCUT2D eigenvalue weighted by Crippen LogP contribution is 2.27. The lowest BCUT2D eigenvalue weighted by Crippen LogP contribution is -2.30. The van der Waals surface area contributed by atoms with Gasteiger partial charge < -0.3 is 19.8 Å². The second-order valence-corrected chi connectivity index (χ2v) is 7.94. The molecule has 0 atom stereocenters. The molecule has 0 spiro atoms. The normalized spacial score (nSPS) is 13.4. The highest BCUT2D eigenvalue weighted by atomic mass is 16.5. The topological polar surface area (TPSA) is 80.6 Å². The van der Waals surface area contributed by atoms with Crippen LogP contribution in [0.1, 0.15) is 36.7 Å². The van der Waals surface area contributed by atoms with Gasteiger partial charge in [0.2, 0.25) is 5.91 Å². The Kier molecular flexibility index (Phi) is 6.90. The number of amides is 2. The number of benzene rings is 2. The molecule has 0 unspecified atom stereocenters. The van der Waals surface area contributed by atoms with Gasteiger partial charge in [0, 0.05) is 36.0 Å². The van der Waals surface area contributed by atoms with Crippen LogP contribution in [0.2, 0.25) is 0 Å². The summed E-state index contributed by atoms with van der Waals surface area (Å²) in [5, 5.41) is 6.83. The van der Waals surface area contributed by atoms with Gasteiger partial charge in [-0.3, -0.25) is 9.59 Å². The molecule has 1 aromatic heterocycles. The molecule has 3 aromatic rings. The molecule has 6 nitrogen and oxygen atoms in total. The first-order valence-electron chi connectivity index (χ1n) is 11.1. The number of furan rings is 1. The summed E-state index contributed by atoms with van der Waals surface area (Å²) in [5.41, 5.74) is 2.87. The van der Waals surface area contributed by atoms with Crippen molar-refractivity contribution in [1.29, 1.82) is 0 Å². The van der Waals surface area contributed by atoms with Gasteiger partial charge in [-0.15, -0.1) is 0 Å². The number of carbonyl (C=O) groups excluding carboxylic acids is 2. The standard InChI is InChI=1S/C26H28N2O4/c1-2-23-22(21-5-3-4-6-24(21)32-23)13-14-25(29)27-16-15-18-7-11-20(12-8-18)31-17-26(30)28-19-9-10-19/h3-8,11-14,19H,2,9-10,15-17H2,1H3,(H,27,29)(H,28,30)/b14-13+. The van der Waals surface area contributed by atoms with E-state index in [0.29, 0.717) is 24.8 Å².